The van der Waals surface area contributed by atoms with Crippen LogP contribution in [-0.2, 0) is 20.0 Å². The van der Waals surface area contributed by atoms with Crippen LogP contribution in [0.4, 0.5) is 0 Å². The van der Waals surface area contributed by atoms with E-state index in [0.717, 1.165) is 22.3 Å². The SMILES string of the molecule is Cn1ccnc1CCn1ccc2sccc2c1=O. The quantitative estimate of drug-likeness (QED) is 0.722. The van der Waals surface area contributed by atoms with Crippen LogP contribution in [0.15, 0.2) is 40.9 Å². The molecule has 0 aromatic carbocycles. The van der Waals surface area contributed by atoms with Gasteiger partial charge in [0.1, 0.15) is 5.82 Å². The van der Waals surface area contributed by atoms with Crippen molar-refractivity contribution in [3.63, 3.8) is 0 Å². The lowest BCUT2D eigenvalue weighted by atomic mass is 10.3. The number of fused-ring (bicyclic) bond motifs is 1. The van der Waals surface area contributed by atoms with E-state index in [-0.39, 0.29) is 5.56 Å². The first-order valence-electron chi connectivity index (χ1n) is 5.78. The molecule has 0 N–H and O–H groups in total. The lowest BCUT2D eigenvalue weighted by Gasteiger charge is -2.05. The molecule has 0 saturated carbocycles. The van der Waals surface area contributed by atoms with Crippen LogP contribution in [0.5, 0.6) is 0 Å². The second-order valence-electron chi connectivity index (χ2n) is 4.22. The highest BCUT2D eigenvalue weighted by molar-refractivity contribution is 7.17. The average Bonchev–Trinajstić information content (AvgIpc) is 2.98. The summed E-state index contributed by atoms with van der Waals surface area (Å²) >= 11 is 1.60. The molecule has 3 rings (SSSR count). The zero-order chi connectivity index (χ0) is 12.5. The Morgan fingerprint density at radius 2 is 2.22 bits per heavy atom. The highest BCUT2D eigenvalue weighted by Crippen LogP contribution is 2.16. The monoisotopic (exact) mass is 259 g/mol. The zero-order valence-corrected chi connectivity index (χ0v) is 10.9. The lowest BCUT2D eigenvalue weighted by Crippen LogP contribution is -2.20. The molecule has 0 aliphatic heterocycles. The van der Waals surface area contributed by atoms with Crippen LogP contribution in [0.2, 0.25) is 0 Å². The smallest absolute Gasteiger partial charge is 0.259 e. The largest absolute Gasteiger partial charge is 0.338 e. The third-order valence-corrected chi connectivity index (χ3v) is 3.97. The summed E-state index contributed by atoms with van der Waals surface area (Å²) in [6, 6.07) is 3.89. The van der Waals surface area contributed by atoms with Gasteiger partial charge >= 0.3 is 0 Å². The van der Waals surface area contributed by atoms with Gasteiger partial charge in [0.2, 0.25) is 0 Å². The Morgan fingerprint density at radius 3 is 3.00 bits per heavy atom. The molecule has 3 heterocycles. The van der Waals surface area contributed by atoms with E-state index in [9.17, 15) is 4.79 Å². The average molecular weight is 259 g/mol. The van der Waals surface area contributed by atoms with Gasteiger partial charge in [0, 0.05) is 43.3 Å². The molecular formula is C13H13N3OS. The second kappa shape index (κ2) is 4.42. The van der Waals surface area contributed by atoms with Crippen molar-refractivity contribution in [2.75, 3.05) is 0 Å². The number of nitrogens with zero attached hydrogens (tertiary/aromatic N) is 3. The molecule has 0 atom stereocenters. The van der Waals surface area contributed by atoms with Crippen LogP contribution in [-0.4, -0.2) is 14.1 Å². The van der Waals surface area contributed by atoms with Crippen LogP contribution in [0.25, 0.3) is 10.1 Å². The molecule has 0 bridgehead atoms. The maximum Gasteiger partial charge on any atom is 0.259 e. The number of rotatable bonds is 3. The van der Waals surface area contributed by atoms with E-state index in [0.29, 0.717) is 6.54 Å². The van der Waals surface area contributed by atoms with Crippen LogP contribution in [0.3, 0.4) is 0 Å². The molecule has 0 saturated heterocycles. The normalized spacial score (nSPS) is 11.2. The third kappa shape index (κ3) is 1.86. The number of imidazole rings is 1. The summed E-state index contributed by atoms with van der Waals surface area (Å²) in [5.74, 6) is 0.993. The fourth-order valence-corrected chi connectivity index (χ4v) is 2.81. The van der Waals surface area contributed by atoms with E-state index in [1.807, 2.05) is 41.5 Å². The number of aryl methyl sites for hydroxylation is 3. The number of hydrogen-bond acceptors (Lipinski definition) is 3. The standard InChI is InChI=1S/C13H13N3OS/c1-15-8-5-14-12(15)3-7-16-6-2-11-10(13(16)17)4-9-18-11/h2,4-6,8-9H,3,7H2,1H3. The fourth-order valence-electron chi connectivity index (χ4n) is 2.04. The van der Waals surface area contributed by atoms with Crippen molar-refractivity contribution >= 4 is 21.4 Å². The van der Waals surface area contributed by atoms with Crippen molar-refractivity contribution in [3.05, 3.63) is 52.3 Å². The molecule has 0 unspecified atom stereocenters. The van der Waals surface area contributed by atoms with Gasteiger partial charge in [-0.15, -0.1) is 11.3 Å². The summed E-state index contributed by atoms with van der Waals surface area (Å²) in [6.45, 7) is 0.662. The predicted molar refractivity (Wildman–Crippen MR) is 73.0 cm³/mol. The number of hydrogen-bond donors (Lipinski definition) is 0. The van der Waals surface area contributed by atoms with E-state index >= 15 is 0 Å². The first kappa shape index (κ1) is 11.2. The Labute approximate surface area is 108 Å². The highest BCUT2D eigenvalue weighted by Gasteiger charge is 2.05. The number of thiophene rings is 1. The van der Waals surface area contributed by atoms with Crippen LogP contribution in [0.1, 0.15) is 5.82 Å². The molecule has 0 radical (unpaired) electrons. The minimum atomic E-state index is 0.0861. The van der Waals surface area contributed by atoms with Crippen LogP contribution >= 0.6 is 11.3 Å². The Hall–Kier alpha value is -1.88. The maximum atomic E-state index is 12.2. The van der Waals surface area contributed by atoms with Gasteiger partial charge in [-0.05, 0) is 17.5 Å². The zero-order valence-electron chi connectivity index (χ0n) is 10.0. The van der Waals surface area contributed by atoms with Crippen molar-refractivity contribution in [2.45, 2.75) is 13.0 Å². The third-order valence-electron chi connectivity index (χ3n) is 3.09. The Bertz CT molecular complexity index is 738. The van der Waals surface area contributed by atoms with Gasteiger partial charge < -0.3 is 9.13 Å². The Morgan fingerprint density at radius 1 is 1.33 bits per heavy atom. The van der Waals surface area contributed by atoms with Crippen molar-refractivity contribution in [3.8, 4) is 0 Å². The Kier molecular flexibility index (Phi) is 2.76. The number of pyridine rings is 1. The lowest BCUT2D eigenvalue weighted by molar-refractivity contribution is 0.636. The Balaban J connectivity index is 1.89. The van der Waals surface area contributed by atoms with Gasteiger partial charge in [0.15, 0.2) is 0 Å². The minimum Gasteiger partial charge on any atom is -0.338 e. The number of aromatic nitrogens is 3. The summed E-state index contributed by atoms with van der Waals surface area (Å²) in [6.07, 6.45) is 6.32. The van der Waals surface area contributed by atoms with Gasteiger partial charge in [-0.1, -0.05) is 0 Å². The van der Waals surface area contributed by atoms with E-state index in [4.69, 9.17) is 0 Å². The van der Waals surface area contributed by atoms with Crippen LogP contribution in [0, 0.1) is 0 Å². The molecule has 92 valence electrons. The molecule has 0 aliphatic rings. The maximum absolute atomic E-state index is 12.2. The van der Waals surface area contributed by atoms with Crippen molar-refractivity contribution in [2.24, 2.45) is 7.05 Å². The van der Waals surface area contributed by atoms with E-state index in [1.165, 1.54) is 0 Å². The van der Waals surface area contributed by atoms with Crippen molar-refractivity contribution in [1.82, 2.24) is 14.1 Å². The van der Waals surface area contributed by atoms with Gasteiger partial charge in [-0.3, -0.25) is 4.79 Å². The summed E-state index contributed by atoms with van der Waals surface area (Å²) in [5.41, 5.74) is 0.0861. The van der Waals surface area contributed by atoms with Crippen LogP contribution < -0.4 is 5.56 Å². The topological polar surface area (TPSA) is 39.8 Å². The second-order valence-corrected chi connectivity index (χ2v) is 5.16. The van der Waals surface area contributed by atoms with Gasteiger partial charge in [0.05, 0.1) is 5.39 Å². The van der Waals surface area contributed by atoms with E-state index < -0.39 is 0 Å². The van der Waals surface area contributed by atoms with E-state index in [1.54, 1.807) is 22.1 Å². The first-order valence-corrected chi connectivity index (χ1v) is 6.66. The summed E-state index contributed by atoms with van der Waals surface area (Å²) in [5, 5.41) is 2.76. The molecule has 0 fully saturated rings. The first-order chi connectivity index (χ1) is 8.75. The summed E-state index contributed by atoms with van der Waals surface area (Å²) in [4.78, 5) is 16.4. The van der Waals surface area contributed by atoms with Crippen molar-refractivity contribution in [1.29, 1.82) is 0 Å². The van der Waals surface area contributed by atoms with E-state index in [2.05, 4.69) is 4.98 Å². The van der Waals surface area contributed by atoms with Gasteiger partial charge in [-0.25, -0.2) is 4.98 Å². The van der Waals surface area contributed by atoms with Gasteiger partial charge in [-0.2, -0.15) is 0 Å². The van der Waals surface area contributed by atoms with Gasteiger partial charge in [0.25, 0.3) is 5.56 Å². The highest BCUT2D eigenvalue weighted by atomic mass is 32.1. The van der Waals surface area contributed by atoms with Crippen molar-refractivity contribution < 1.29 is 0 Å². The molecule has 0 aliphatic carbocycles. The summed E-state index contributed by atoms with van der Waals surface area (Å²) < 4.78 is 4.78. The molecule has 0 amide bonds. The molecule has 4 nitrogen and oxygen atoms in total. The predicted octanol–water partition coefficient (Wildman–Crippen LogP) is 2.04. The summed E-state index contributed by atoms with van der Waals surface area (Å²) in [7, 11) is 1.97. The molecule has 3 aromatic heterocycles. The molecule has 0 spiro atoms. The molecule has 18 heavy (non-hydrogen) atoms. The minimum absolute atomic E-state index is 0.0861. The fraction of sp³-hybridized carbons (Fsp3) is 0.231. The molecular weight excluding hydrogens is 246 g/mol. The molecule has 5 heteroatoms. The molecule has 3 aromatic rings.